The molecule has 1 aromatic rings. The summed E-state index contributed by atoms with van der Waals surface area (Å²) in [7, 11) is 0. The maximum Gasteiger partial charge on any atom is 0.390 e. The van der Waals surface area contributed by atoms with Crippen LogP contribution in [0.2, 0.25) is 0 Å². The van der Waals surface area contributed by atoms with Gasteiger partial charge in [0, 0.05) is 24.7 Å². The first-order valence-corrected chi connectivity index (χ1v) is 6.19. The smallest absolute Gasteiger partial charge is 0.314 e. The standard InChI is InChI=1S/C12H20F3N3/c1-4-16-10(8-12(13,14)15)7-11-6-9(3)17-18(11)5-2/h6,10,16H,4-5,7-8H2,1-3H3. The van der Waals surface area contributed by atoms with Crippen molar-refractivity contribution in [3.63, 3.8) is 0 Å². The van der Waals surface area contributed by atoms with Crippen LogP contribution in [0.5, 0.6) is 0 Å². The van der Waals surface area contributed by atoms with Crippen LogP contribution in [-0.2, 0) is 13.0 Å². The number of aryl methyl sites for hydroxylation is 2. The highest BCUT2D eigenvalue weighted by Crippen LogP contribution is 2.23. The van der Waals surface area contributed by atoms with Crippen LogP contribution in [0.25, 0.3) is 0 Å². The zero-order chi connectivity index (χ0) is 13.8. The summed E-state index contributed by atoms with van der Waals surface area (Å²) in [4.78, 5) is 0. The molecule has 0 aromatic carbocycles. The number of halogens is 3. The summed E-state index contributed by atoms with van der Waals surface area (Å²) in [6.45, 7) is 6.80. The van der Waals surface area contributed by atoms with Crippen LogP contribution in [0, 0.1) is 6.92 Å². The molecule has 1 unspecified atom stereocenters. The normalized spacial score (nSPS) is 13.9. The molecule has 0 aliphatic heterocycles. The van der Waals surface area contributed by atoms with Crippen molar-refractivity contribution in [1.82, 2.24) is 15.1 Å². The van der Waals surface area contributed by atoms with Gasteiger partial charge < -0.3 is 5.32 Å². The number of nitrogens with one attached hydrogen (secondary N) is 1. The van der Waals surface area contributed by atoms with E-state index in [9.17, 15) is 13.2 Å². The lowest BCUT2D eigenvalue weighted by atomic mass is 10.1. The number of hydrogen-bond donors (Lipinski definition) is 1. The average Bonchev–Trinajstić information content (AvgIpc) is 2.56. The Bertz CT molecular complexity index is 371. The molecule has 1 heterocycles. The molecule has 0 aliphatic carbocycles. The van der Waals surface area contributed by atoms with Gasteiger partial charge in [0.2, 0.25) is 0 Å². The van der Waals surface area contributed by atoms with Crippen LogP contribution in [-0.4, -0.2) is 28.5 Å². The molecule has 3 nitrogen and oxygen atoms in total. The van der Waals surface area contributed by atoms with Crippen LogP contribution in [0.3, 0.4) is 0 Å². The van der Waals surface area contributed by atoms with E-state index < -0.39 is 18.6 Å². The van der Waals surface area contributed by atoms with Gasteiger partial charge in [-0.25, -0.2) is 0 Å². The van der Waals surface area contributed by atoms with Crippen molar-refractivity contribution in [3.05, 3.63) is 17.5 Å². The third kappa shape index (κ3) is 4.68. The maximum absolute atomic E-state index is 12.5. The first-order valence-electron chi connectivity index (χ1n) is 6.19. The van der Waals surface area contributed by atoms with E-state index in [-0.39, 0.29) is 0 Å². The van der Waals surface area contributed by atoms with E-state index >= 15 is 0 Å². The SMILES string of the molecule is CCNC(Cc1cc(C)nn1CC)CC(F)(F)F. The van der Waals surface area contributed by atoms with Crippen LogP contribution in [0.15, 0.2) is 6.07 Å². The second-order valence-electron chi connectivity index (χ2n) is 4.37. The number of nitrogens with zero attached hydrogens (tertiary/aromatic N) is 2. The highest BCUT2D eigenvalue weighted by atomic mass is 19.4. The fourth-order valence-electron chi connectivity index (χ4n) is 2.07. The van der Waals surface area contributed by atoms with E-state index in [1.54, 1.807) is 4.68 Å². The quantitative estimate of drug-likeness (QED) is 0.855. The summed E-state index contributed by atoms with van der Waals surface area (Å²) in [5, 5.41) is 7.13. The summed E-state index contributed by atoms with van der Waals surface area (Å²) in [6.07, 6.45) is -4.60. The molecule has 1 N–H and O–H groups in total. The Kier molecular flexibility index (Phi) is 5.19. The number of likely N-dealkylation sites (N-methyl/N-ethyl adjacent to an activating group) is 1. The zero-order valence-corrected chi connectivity index (χ0v) is 11.0. The largest absolute Gasteiger partial charge is 0.390 e. The topological polar surface area (TPSA) is 29.9 Å². The minimum absolute atomic E-state index is 0.349. The molecule has 1 rings (SSSR count). The number of hydrogen-bond acceptors (Lipinski definition) is 2. The predicted molar refractivity (Wildman–Crippen MR) is 64.5 cm³/mol. The summed E-state index contributed by atoms with van der Waals surface area (Å²) >= 11 is 0. The molecule has 0 radical (unpaired) electrons. The Morgan fingerprint density at radius 3 is 2.56 bits per heavy atom. The second kappa shape index (κ2) is 6.22. The molecule has 0 saturated carbocycles. The highest BCUT2D eigenvalue weighted by molar-refractivity contribution is 5.10. The van der Waals surface area contributed by atoms with Gasteiger partial charge in [0.15, 0.2) is 0 Å². The first-order chi connectivity index (χ1) is 8.35. The molecule has 1 atom stereocenters. The highest BCUT2D eigenvalue weighted by Gasteiger charge is 2.32. The fourth-order valence-corrected chi connectivity index (χ4v) is 2.07. The van der Waals surface area contributed by atoms with Crippen molar-refractivity contribution < 1.29 is 13.2 Å². The fraction of sp³-hybridized carbons (Fsp3) is 0.750. The lowest BCUT2D eigenvalue weighted by molar-refractivity contribution is -0.139. The Morgan fingerprint density at radius 1 is 1.39 bits per heavy atom. The van der Waals surface area contributed by atoms with Gasteiger partial charge in [0.1, 0.15) is 0 Å². The van der Waals surface area contributed by atoms with Gasteiger partial charge in [-0.2, -0.15) is 18.3 Å². The first kappa shape index (κ1) is 15.0. The summed E-state index contributed by atoms with van der Waals surface area (Å²) in [5.74, 6) is 0. The molecular formula is C12H20F3N3. The van der Waals surface area contributed by atoms with Crippen molar-refractivity contribution in [2.45, 2.75) is 52.4 Å². The van der Waals surface area contributed by atoms with Gasteiger partial charge in [0.05, 0.1) is 12.1 Å². The van der Waals surface area contributed by atoms with Crippen molar-refractivity contribution in [3.8, 4) is 0 Å². The van der Waals surface area contributed by atoms with Crippen molar-refractivity contribution in [1.29, 1.82) is 0 Å². The Labute approximate surface area is 105 Å². The van der Waals surface area contributed by atoms with E-state index in [1.807, 2.05) is 26.8 Å². The van der Waals surface area contributed by atoms with Gasteiger partial charge in [-0.15, -0.1) is 0 Å². The van der Waals surface area contributed by atoms with Crippen molar-refractivity contribution >= 4 is 0 Å². The van der Waals surface area contributed by atoms with Crippen molar-refractivity contribution in [2.24, 2.45) is 0 Å². The molecule has 0 aliphatic rings. The molecule has 0 saturated heterocycles. The third-order valence-corrected chi connectivity index (χ3v) is 2.71. The van der Waals surface area contributed by atoms with Crippen LogP contribution in [0.1, 0.15) is 31.7 Å². The Balaban J connectivity index is 2.75. The summed E-state index contributed by atoms with van der Waals surface area (Å²) < 4.78 is 39.1. The van der Waals surface area contributed by atoms with Crippen molar-refractivity contribution in [2.75, 3.05) is 6.54 Å². The summed E-state index contributed by atoms with van der Waals surface area (Å²) in [5.41, 5.74) is 1.69. The molecule has 0 bridgehead atoms. The van der Waals surface area contributed by atoms with E-state index in [0.29, 0.717) is 19.5 Å². The monoisotopic (exact) mass is 263 g/mol. The van der Waals surface area contributed by atoms with Gasteiger partial charge in [-0.1, -0.05) is 6.92 Å². The lowest BCUT2D eigenvalue weighted by Crippen LogP contribution is -2.36. The van der Waals surface area contributed by atoms with Gasteiger partial charge >= 0.3 is 6.18 Å². The van der Waals surface area contributed by atoms with E-state index in [1.165, 1.54) is 0 Å². The minimum atomic E-state index is -4.14. The lowest BCUT2D eigenvalue weighted by Gasteiger charge is -2.19. The van der Waals surface area contributed by atoms with E-state index in [4.69, 9.17) is 0 Å². The molecule has 0 amide bonds. The Hall–Kier alpha value is -1.04. The zero-order valence-electron chi connectivity index (χ0n) is 11.0. The molecule has 104 valence electrons. The molecule has 0 fully saturated rings. The third-order valence-electron chi connectivity index (χ3n) is 2.71. The molecular weight excluding hydrogens is 243 g/mol. The summed E-state index contributed by atoms with van der Waals surface area (Å²) in [6, 6.07) is 1.26. The van der Waals surface area contributed by atoms with Crippen LogP contribution < -0.4 is 5.32 Å². The average molecular weight is 263 g/mol. The maximum atomic E-state index is 12.5. The van der Waals surface area contributed by atoms with Gasteiger partial charge in [0.25, 0.3) is 0 Å². The van der Waals surface area contributed by atoms with Gasteiger partial charge in [-0.05, 0) is 26.5 Å². The second-order valence-corrected chi connectivity index (χ2v) is 4.37. The van der Waals surface area contributed by atoms with E-state index in [2.05, 4.69) is 10.4 Å². The molecule has 18 heavy (non-hydrogen) atoms. The molecule has 1 aromatic heterocycles. The molecule has 6 heteroatoms. The number of aromatic nitrogens is 2. The van der Waals surface area contributed by atoms with Crippen LogP contribution >= 0.6 is 0 Å². The molecule has 0 spiro atoms. The Morgan fingerprint density at radius 2 is 2.06 bits per heavy atom. The van der Waals surface area contributed by atoms with Gasteiger partial charge in [-0.3, -0.25) is 4.68 Å². The predicted octanol–water partition coefficient (Wildman–Crippen LogP) is 2.68. The van der Waals surface area contributed by atoms with E-state index in [0.717, 1.165) is 11.4 Å². The number of rotatable bonds is 6. The minimum Gasteiger partial charge on any atom is -0.314 e. The van der Waals surface area contributed by atoms with Crippen LogP contribution in [0.4, 0.5) is 13.2 Å². The number of alkyl halides is 3.